The number of piperazine rings is 1. The van der Waals surface area contributed by atoms with Crippen LogP contribution < -0.4 is 10.2 Å². The zero-order chi connectivity index (χ0) is 28.8. The summed E-state index contributed by atoms with van der Waals surface area (Å²) in [5, 5.41) is 3.01. The van der Waals surface area contributed by atoms with Crippen molar-refractivity contribution >= 4 is 39.1 Å². The molecule has 2 bridgehead atoms. The standard InChI is InChI=1S/C29H36ClFN4O4S/c1-29(2,3)17-40(38,39)23-12-20(14-32-27(36)18-5-4-6-18)33-26(13-23)35-21-8-9-22(35)16-34(15-21)28(37)24-10-7-19(31)11-25(24)30/h7,10-13,18,21-22H,4-6,8-9,14-17H2,1-3H3,(H,32,36). The largest absolute Gasteiger partial charge is 0.350 e. The Labute approximate surface area is 240 Å². The number of carbonyl (C=O) groups is 2. The number of anilines is 1. The predicted octanol–water partition coefficient (Wildman–Crippen LogP) is 4.60. The first-order valence-corrected chi connectivity index (χ1v) is 15.9. The monoisotopic (exact) mass is 590 g/mol. The number of carbonyl (C=O) groups excluding carboxylic acids is 2. The van der Waals surface area contributed by atoms with Gasteiger partial charge in [-0.15, -0.1) is 0 Å². The molecule has 1 aromatic carbocycles. The number of rotatable bonds is 7. The Morgan fingerprint density at radius 2 is 1.75 bits per heavy atom. The fraction of sp³-hybridized carbons (Fsp3) is 0.552. The lowest BCUT2D eigenvalue weighted by Crippen LogP contribution is -2.55. The fourth-order valence-corrected chi connectivity index (χ4v) is 8.02. The molecule has 3 heterocycles. The van der Waals surface area contributed by atoms with E-state index in [4.69, 9.17) is 16.6 Å². The first-order valence-electron chi connectivity index (χ1n) is 13.8. The van der Waals surface area contributed by atoms with Gasteiger partial charge in [0, 0.05) is 31.1 Å². The van der Waals surface area contributed by atoms with Crippen molar-refractivity contribution in [3.63, 3.8) is 0 Å². The minimum atomic E-state index is -3.62. The first-order chi connectivity index (χ1) is 18.8. The molecule has 11 heteroatoms. The van der Waals surface area contributed by atoms with E-state index in [1.807, 2.05) is 20.8 Å². The Hall–Kier alpha value is -2.72. The molecule has 0 spiro atoms. The molecule has 2 atom stereocenters. The van der Waals surface area contributed by atoms with Crippen LogP contribution in [0.15, 0.2) is 35.2 Å². The molecular formula is C29H36ClFN4O4S. The lowest BCUT2D eigenvalue weighted by atomic mass is 9.85. The number of halogens is 2. The molecule has 2 unspecified atom stereocenters. The average Bonchev–Trinajstić information content (AvgIpc) is 3.09. The maximum Gasteiger partial charge on any atom is 0.255 e. The quantitative estimate of drug-likeness (QED) is 0.506. The number of benzene rings is 1. The van der Waals surface area contributed by atoms with Crippen molar-refractivity contribution in [1.29, 1.82) is 0 Å². The summed E-state index contributed by atoms with van der Waals surface area (Å²) in [5.74, 6) is -0.242. The number of pyridine rings is 1. The van der Waals surface area contributed by atoms with E-state index < -0.39 is 21.1 Å². The number of hydrogen-bond acceptors (Lipinski definition) is 6. The van der Waals surface area contributed by atoms with Crippen LogP contribution >= 0.6 is 11.6 Å². The van der Waals surface area contributed by atoms with Gasteiger partial charge in [0.1, 0.15) is 11.6 Å². The third kappa shape index (κ3) is 6.12. The summed E-state index contributed by atoms with van der Waals surface area (Å²) in [5.41, 5.74) is 0.315. The number of amides is 2. The van der Waals surface area contributed by atoms with Crippen LogP contribution in [0, 0.1) is 17.2 Å². The summed E-state index contributed by atoms with van der Waals surface area (Å²) in [6.45, 7) is 6.63. The van der Waals surface area contributed by atoms with Crippen LogP contribution in [-0.4, -0.2) is 61.0 Å². The molecule has 0 radical (unpaired) electrons. The SMILES string of the molecule is CC(C)(C)CS(=O)(=O)c1cc(CNC(=O)C2CCC2)nc(N2C3CCC2CN(C(=O)c2ccc(F)cc2Cl)C3)c1. The topological polar surface area (TPSA) is 99.7 Å². The van der Waals surface area contributed by atoms with E-state index >= 15 is 0 Å². The number of fused-ring (bicyclic) bond motifs is 2. The van der Waals surface area contributed by atoms with Crippen LogP contribution in [0.4, 0.5) is 10.2 Å². The Bertz CT molecular complexity index is 1410. The van der Waals surface area contributed by atoms with E-state index in [1.165, 1.54) is 12.1 Å². The third-order valence-electron chi connectivity index (χ3n) is 7.94. The second kappa shape index (κ2) is 10.9. The predicted molar refractivity (Wildman–Crippen MR) is 152 cm³/mol. The highest BCUT2D eigenvalue weighted by Gasteiger charge is 2.43. The Kier molecular flexibility index (Phi) is 7.87. The van der Waals surface area contributed by atoms with Gasteiger partial charge in [-0.1, -0.05) is 38.8 Å². The van der Waals surface area contributed by atoms with Crippen molar-refractivity contribution in [3.05, 3.63) is 52.4 Å². The molecular weight excluding hydrogens is 555 g/mol. The van der Waals surface area contributed by atoms with Crippen LogP contribution in [0.1, 0.15) is 68.9 Å². The average molecular weight is 591 g/mol. The molecule has 3 aliphatic rings. The highest BCUT2D eigenvalue weighted by molar-refractivity contribution is 7.91. The number of nitrogens with one attached hydrogen (secondary N) is 1. The summed E-state index contributed by atoms with van der Waals surface area (Å²) in [4.78, 5) is 34.6. The maximum atomic E-state index is 13.5. The van der Waals surface area contributed by atoms with Gasteiger partial charge in [-0.05, 0) is 61.4 Å². The lowest BCUT2D eigenvalue weighted by Gasteiger charge is -2.42. The number of sulfone groups is 1. The second-order valence-corrected chi connectivity index (χ2v) is 14.8. The van der Waals surface area contributed by atoms with Gasteiger partial charge < -0.3 is 15.1 Å². The van der Waals surface area contributed by atoms with E-state index in [0.29, 0.717) is 24.6 Å². The molecule has 216 valence electrons. The van der Waals surface area contributed by atoms with E-state index in [-0.39, 0.29) is 57.6 Å². The van der Waals surface area contributed by atoms with E-state index in [2.05, 4.69) is 10.2 Å². The summed E-state index contributed by atoms with van der Waals surface area (Å²) < 4.78 is 40.4. The van der Waals surface area contributed by atoms with Crippen molar-refractivity contribution in [1.82, 2.24) is 15.2 Å². The minimum absolute atomic E-state index is 0.0170. The highest BCUT2D eigenvalue weighted by Crippen LogP contribution is 2.37. The molecule has 5 rings (SSSR count). The summed E-state index contributed by atoms with van der Waals surface area (Å²) in [6, 6.07) is 6.85. The van der Waals surface area contributed by atoms with Crippen molar-refractivity contribution in [2.75, 3.05) is 23.7 Å². The fourth-order valence-electron chi connectivity index (χ4n) is 5.87. The molecule has 2 saturated heterocycles. The van der Waals surface area contributed by atoms with Gasteiger partial charge in [0.25, 0.3) is 5.91 Å². The van der Waals surface area contributed by atoms with Crippen LogP contribution in [0.5, 0.6) is 0 Å². The number of hydrogen-bond donors (Lipinski definition) is 1. The van der Waals surface area contributed by atoms with Gasteiger partial charge in [0.15, 0.2) is 9.84 Å². The summed E-state index contributed by atoms with van der Waals surface area (Å²) >= 11 is 6.17. The van der Waals surface area contributed by atoms with Crippen LogP contribution in [-0.2, 0) is 21.2 Å². The Morgan fingerprint density at radius 1 is 1.07 bits per heavy atom. The van der Waals surface area contributed by atoms with Gasteiger partial charge in [0.05, 0.1) is 33.5 Å². The highest BCUT2D eigenvalue weighted by atomic mass is 35.5. The van der Waals surface area contributed by atoms with Gasteiger partial charge in [-0.25, -0.2) is 17.8 Å². The van der Waals surface area contributed by atoms with E-state index in [0.717, 1.165) is 38.2 Å². The van der Waals surface area contributed by atoms with Gasteiger partial charge >= 0.3 is 0 Å². The first kappa shape index (κ1) is 28.8. The lowest BCUT2D eigenvalue weighted by molar-refractivity contribution is -0.127. The van der Waals surface area contributed by atoms with Crippen molar-refractivity contribution in [2.45, 2.75) is 76.4 Å². The molecule has 2 aliphatic heterocycles. The van der Waals surface area contributed by atoms with Gasteiger partial charge in [-0.3, -0.25) is 9.59 Å². The molecule has 8 nitrogen and oxygen atoms in total. The van der Waals surface area contributed by atoms with E-state index in [1.54, 1.807) is 17.0 Å². The summed E-state index contributed by atoms with van der Waals surface area (Å²) in [7, 11) is -3.62. The molecule has 1 N–H and O–H groups in total. The third-order valence-corrected chi connectivity index (χ3v) is 10.4. The van der Waals surface area contributed by atoms with Crippen molar-refractivity contribution < 1.29 is 22.4 Å². The zero-order valence-electron chi connectivity index (χ0n) is 23.1. The van der Waals surface area contributed by atoms with Crippen molar-refractivity contribution in [3.8, 4) is 0 Å². The van der Waals surface area contributed by atoms with E-state index in [9.17, 15) is 22.4 Å². The normalized spacial score (nSPS) is 21.3. The molecule has 3 fully saturated rings. The van der Waals surface area contributed by atoms with Crippen LogP contribution in [0.3, 0.4) is 0 Å². The number of aromatic nitrogens is 1. The van der Waals surface area contributed by atoms with Gasteiger partial charge in [-0.2, -0.15) is 0 Å². The Balaban J connectivity index is 1.41. The molecule has 1 saturated carbocycles. The minimum Gasteiger partial charge on any atom is -0.350 e. The molecule has 2 aromatic rings. The molecule has 1 aromatic heterocycles. The van der Waals surface area contributed by atoms with Crippen LogP contribution in [0.25, 0.3) is 0 Å². The zero-order valence-corrected chi connectivity index (χ0v) is 24.7. The maximum absolute atomic E-state index is 13.5. The van der Waals surface area contributed by atoms with Crippen molar-refractivity contribution in [2.24, 2.45) is 11.3 Å². The number of nitrogens with zero attached hydrogens (tertiary/aromatic N) is 3. The number of likely N-dealkylation sites (tertiary alicyclic amines) is 1. The van der Waals surface area contributed by atoms with Crippen LogP contribution in [0.2, 0.25) is 5.02 Å². The second-order valence-electron chi connectivity index (χ2n) is 12.4. The Morgan fingerprint density at radius 3 is 2.33 bits per heavy atom. The molecule has 40 heavy (non-hydrogen) atoms. The molecule has 2 amide bonds. The molecule has 1 aliphatic carbocycles. The smallest absolute Gasteiger partial charge is 0.255 e. The van der Waals surface area contributed by atoms with Gasteiger partial charge in [0.2, 0.25) is 5.91 Å². The summed E-state index contributed by atoms with van der Waals surface area (Å²) in [6.07, 6.45) is 4.44.